The first kappa shape index (κ1) is 9.93. The van der Waals surface area contributed by atoms with Crippen molar-refractivity contribution in [2.45, 2.75) is 0 Å². The molecule has 2 rings (SSSR count). The second-order valence-corrected chi connectivity index (χ2v) is 3.43. The van der Waals surface area contributed by atoms with Gasteiger partial charge in [0.2, 0.25) is 0 Å². The maximum atomic E-state index is 13.4. The normalized spacial score (nSPS) is 10.3. The van der Waals surface area contributed by atoms with Crippen LogP contribution >= 0.6 is 11.6 Å². The molecule has 1 heterocycles. The third-order valence-electron chi connectivity index (χ3n) is 2.05. The second kappa shape index (κ2) is 3.87. The zero-order valence-electron chi connectivity index (χ0n) is 7.63. The largest absolute Gasteiger partial charge is 0.367 e. The van der Waals surface area contributed by atoms with Crippen LogP contribution < -0.4 is 0 Å². The average molecular weight is 224 g/mol. The number of hydrogen-bond acceptors (Lipinski definition) is 1. The van der Waals surface area contributed by atoms with Crippen LogP contribution in [0, 0.1) is 5.82 Å². The van der Waals surface area contributed by atoms with Gasteiger partial charge < -0.3 is 4.98 Å². The summed E-state index contributed by atoms with van der Waals surface area (Å²) in [6.45, 7) is 0. The van der Waals surface area contributed by atoms with Gasteiger partial charge in [0.05, 0.1) is 10.6 Å². The Kier molecular flexibility index (Phi) is 2.56. The number of ketones is 1. The molecule has 0 saturated carbocycles. The van der Waals surface area contributed by atoms with Crippen molar-refractivity contribution in [3.63, 3.8) is 0 Å². The van der Waals surface area contributed by atoms with Crippen LogP contribution in [0.3, 0.4) is 0 Å². The van der Waals surface area contributed by atoms with Crippen LogP contribution in [0.1, 0.15) is 15.9 Å². The minimum Gasteiger partial charge on any atom is -0.367 e. The van der Waals surface area contributed by atoms with Gasteiger partial charge in [-0.05, 0) is 18.2 Å². The molecule has 0 spiro atoms. The Bertz CT molecular complexity index is 473. The third kappa shape index (κ3) is 1.78. The molecule has 1 N–H and O–H groups in total. The molecule has 15 heavy (non-hydrogen) atoms. The highest BCUT2D eigenvalue weighted by atomic mass is 35.5. The Balaban J connectivity index is 2.51. The lowest BCUT2D eigenvalue weighted by molar-refractivity contribution is 0.103. The molecule has 2 nitrogen and oxygen atoms in total. The summed E-state index contributed by atoms with van der Waals surface area (Å²) in [5.41, 5.74) is 0.306. The van der Waals surface area contributed by atoms with Gasteiger partial charge in [0.25, 0.3) is 0 Å². The summed E-state index contributed by atoms with van der Waals surface area (Å²) in [5, 5.41) is 0.126. The first-order valence-electron chi connectivity index (χ1n) is 4.31. The fourth-order valence-electron chi connectivity index (χ4n) is 1.32. The van der Waals surface area contributed by atoms with Crippen LogP contribution in [0.4, 0.5) is 4.39 Å². The lowest BCUT2D eigenvalue weighted by Gasteiger charge is -2.02. The number of halogens is 2. The fraction of sp³-hybridized carbons (Fsp3) is 0. The number of aromatic nitrogens is 1. The Morgan fingerprint density at radius 2 is 2.13 bits per heavy atom. The Labute approximate surface area is 90.7 Å². The molecule has 0 saturated heterocycles. The van der Waals surface area contributed by atoms with Gasteiger partial charge in [-0.1, -0.05) is 17.7 Å². The van der Waals surface area contributed by atoms with E-state index >= 15 is 0 Å². The topological polar surface area (TPSA) is 32.9 Å². The van der Waals surface area contributed by atoms with Crippen LogP contribution in [0.5, 0.6) is 0 Å². The number of aromatic amines is 1. The molecule has 1 aromatic carbocycles. The summed E-state index contributed by atoms with van der Waals surface area (Å²) in [6, 6.07) is 5.74. The fourth-order valence-corrected chi connectivity index (χ4v) is 1.57. The zero-order chi connectivity index (χ0) is 10.8. The molecule has 2 aromatic rings. The van der Waals surface area contributed by atoms with Gasteiger partial charge in [0, 0.05) is 18.0 Å². The van der Waals surface area contributed by atoms with Gasteiger partial charge in [-0.25, -0.2) is 4.39 Å². The standard InChI is InChI=1S/C11H7ClFNO/c12-8-2-1-3-9(13)10(8)11(15)7-4-5-14-6-7/h1-6,14H. The smallest absolute Gasteiger partial charge is 0.198 e. The van der Waals surface area contributed by atoms with Gasteiger partial charge in [-0.15, -0.1) is 0 Å². The molecule has 0 amide bonds. The molecule has 0 radical (unpaired) electrons. The lowest BCUT2D eigenvalue weighted by Crippen LogP contribution is -2.03. The van der Waals surface area contributed by atoms with E-state index in [0.29, 0.717) is 5.56 Å². The number of carbonyl (C=O) groups excluding carboxylic acids is 1. The summed E-state index contributed by atoms with van der Waals surface area (Å²) in [6.07, 6.45) is 3.10. The van der Waals surface area contributed by atoms with E-state index in [-0.39, 0.29) is 10.6 Å². The Morgan fingerprint density at radius 3 is 2.73 bits per heavy atom. The van der Waals surface area contributed by atoms with Crippen molar-refractivity contribution in [1.29, 1.82) is 0 Å². The molecule has 76 valence electrons. The number of hydrogen-bond donors (Lipinski definition) is 1. The summed E-state index contributed by atoms with van der Waals surface area (Å²) >= 11 is 5.77. The first-order chi connectivity index (χ1) is 7.20. The molecule has 0 aliphatic carbocycles. The molecular formula is C11H7ClFNO. The number of nitrogens with one attached hydrogen (secondary N) is 1. The molecule has 0 fully saturated rings. The van der Waals surface area contributed by atoms with Crippen LogP contribution in [0.25, 0.3) is 0 Å². The van der Waals surface area contributed by atoms with Crippen LogP contribution in [-0.2, 0) is 0 Å². The second-order valence-electron chi connectivity index (χ2n) is 3.03. The van der Waals surface area contributed by atoms with Gasteiger partial charge in [0.15, 0.2) is 5.78 Å². The van der Waals surface area contributed by atoms with Gasteiger partial charge in [-0.3, -0.25) is 4.79 Å². The quantitative estimate of drug-likeness (QED) is 0.780. The van der Waals surface area contributed by atoms with Crippen molar-refractivity contribution in [2.24, 2.45) is 0 Å². The SMILES string of the molecule is O=C(c1cc[nH]c1)c1c(F)cccc1Cl. The van der Waals surface area contributed by atoms with Gasteiger partial charge in [0.1, 0.15) is 5.82 Å². The van der Waals surface area contributed by atoms with Gasteiger partial charge >= 0.3 is 0 Å². The maximum absolute atomic E-state index is 13.4. The molecular weight excluding hydrogens is 217 g/mol. The molecule has 0 aliphatic heterocycles. The van der Waals surface area contributed by atoms with E-state index in [2.05, 4.69) is 4.98 Å². The van der Waals surface area contributed by atoms with Crippen LogP contribution in [-0.4, -0.2) is 10.8 Å². The monoisotopic (exact) mass is 223 g/mol. The third-order valence-corrected chi connectivity index (χ3v) is 2.36. The number of benzene rings is 1. The van der Waals surface area contributed by atoms with E-state index in [1.165, 1.54) is 24.4 Å². The minimum absolute atomic E-state index is 0.0845. The van der Waals surface area contributed by atoms with E-state index in [4.69, 9.17) is 11.6 Å². The highest BCUT2D eigenvalue weighted by Crippen LogP contribution is 2.21. The summed E-state index contributed by atoms with van der Waals surface area (Å²) in [7, 11) is 0. The van der Waals surface area contributed by atoms with E-state index in [9.17, 15) is 9.18 Å². The Morgan fingerprint density at radius 1 is 1.33 bits per heavy atom. The van der Waals surface area contributed by atoms with E-state index in [1.54, 1.807) is 12.3 Å². The van der Waals surface area contributed by atoms with E-state index in [0.717, 1.165) is 0 Å². The number of rotatable bonds is 2. The minimum atomic E-state index is -0.603. The van der Waals surface area contributed by atoms with Crippen molar-refractivity contribution >= 4 is 17.4 Å². The summed E-state index contributed by atoms with van der Waals surface area (Å²) < 4.78 is 13.4. The number of carbonyl (C=O) groups is 1. The molecule has 0 bridgehead atoms. The van der Waals surface area contributed by atoms with Crippen molar-refractivity contribution in [2.75, 3.05) is 0 Å². The highest BCUT2D eigenvalue weighted by Gasteiger charge is 2.17. The van der Waals surface area contributed by atoms with Crippen molar-refractivity contribution < 1.29 is 9.18 Å². The van der Waals surface area contributed by atoms with E-state index < -0.39 is 11.6 Å². The summed E-state index contributed by atoms with van der Waals surface area (Å²) in [4.78, 5) is 14.5. The summed E-state index contributed by atoms with van der Waals surface area (Å²) in [5.74, 6) is -1.02. The first-order valence-corrected chi connectivity index (χ1v) is 4.69. The molecule has 0 atom stereocenters. The average Bonchev–Trinajstić information content (AvgIpc) is 2.69. The zero-order valence-corrected chi connectivity index (χ0v) is 8.38. The van der Waals surface area contributed by atoms with Crippen molar-refractivity contribution in [3.8, 4) is 0 Å². The predicted molar refractivity (Wildman–Crippen MR) is 55.6 cm³/mol. The van der Waals surface area contributed by atoms with Crippen molar-refractivity contribution in [3.05, 3.63) is 58.6 Å². The Hall–Kier alpha value is -1.61. The maximum Gasteiger partial charge on any atom is 0.198 e. The van der Waals surface area contributed by atoms with Crippen molar-refractivity contribution in [1.82, 2.24) is 4.98 Å². The molecule has 0 aliphatic rings. The molecule has 0 unspecified atom stereocenters. The molecule has 4 heteroatoms. The lowest BCUT2D eigenvalue weighted by atomic mass is 10.1. The van der Waals surface area contributed by atoms with E-state index in [1.807, 2.05) is 0 Å². The highest BCUT2D eigenvalue weighted by molar-refractivity contribution is 6.35. The van der Waals surface area contributed by atoms with Crippen LogP contribution in [0.15, 0.2) is 36.7 Å². The predicted octanol–water partition coefficient (Wildman–Crippen LogP) is 3.04. The number of H-pyrrole nitrogens is 1. The molecule has 1 aromatic heterocycles. The van der Waals surface area contributed by atoms with Crippen LogP contribution in [0.2, 0.25) is 5.02 Å². The van der Waals surface area contributed by atoms with Gasteiger partial charge in [-0.2, -0.15) is 0 Å².